The average molecular weight is 439 g/mol. The standard InChI is InChI=1S/C20H23ClN2O5S/c1-4-6-23(15-5-7-29(25,26)12-15)20(24)18-10-17(28-22-18)11-27-16-8-13(2)19(21)14(3)9-16/h4,8-10,15H,1,5-7,11-12H2,2-3H3. The van der Waals surface area contributed by atoms with Crippen LogP contribution < -0.4 is 4.74 Å². The molecule has 1 saturated heterocycles. The molecule has 2 heterocycles. The molecule has 1 aliphatic heterocycles. The summed E-state index contributed by atoms with van der Waals surface area (Å²) in [6.45, 7) is 7.78. The molecule has 7 nitrogen and oxygen atoms in total. The van der Waals surface area contributed by atoms with Crippen molar-refractivity contribution in [3.63, 3.8) is 0 Å². The lowest BCUT2D eigenvalue weighted by atomic mass is 10.1. The largest absolute Gasteiger partial charge is 0.486 e. The fourth-order valence-electron chi connectivity index (χ4n) is 3.33. The highest BCUT2D eigenvalue weighted by Crippen LogP contribution is 2.26. The number of hydrogen-bond donors (Lipinski definition) is 0. The van der Waals surface area contributed by atoms with Gasteiger partial charge in [-0.25, -0.2) is 8.42 Å². The number of amides is 1. The monoisotopic (exact) mass is 438 g/mol. The van der Waals surface area contributed by atoms with E-state index in [1.165, 1.54) is 11.0 Å². The SMILES string of the molecule is C=CCN(C(=O)c1cc(COc2cc(C)c(Cl)c(C)c2)on1)C1CCS(=O)(=O)C1. The van der Waals surface area contributed by atoms with Gasteiger partial charge in [0.1, 0.15) is 12.4 Å². The number of nitrogens with zero attached hydrogens (tertiary/aromatic N) is 2. The van der Waals surface area contributed by atoms with Gasteiger partial charge >= 0.3 is 0 Å². The number of ether oxygens (including phenoxy) is 1. The summed E-state index contributed by atoms with van der Waals surface area (Å²) < 4.78 is 34.5. The molecule has 0 radical (unpaired) electrons. The van der Waals surface area contributed by atoms with E-state index in [0.717, 1.165) is 11.1 Å². The smallest absolute Gasteiger partial charge is 0.276 e. The normalized spacial score (nSPS) is 17.8. The molecule has 0 N–H and O–H groups in total. The quantitative estimate of drug-likeness (QED) is 0.616. The fourth-order valence-corrected chi connectivity index (χ4v) is 5.17. The molecule has 29 heavy (non-hydrogen) atoms. The Bertz CT molecular complexity index is 1010. The molecule has 0 spiro atoms. The van der Waals surface area contributed by atoms with E-state index in [-0.39, 0.29) is 42.3 Å². The average Bonchev–Trinajstić information content (AvgIpc) is 3.28. The Morgan fingerprint density at radius 2 is 2.07 bits per heavy atom. The highest BCUT2D eigenvalue weighted by atomic mass is 35.5. The van der Waals surface area contributed by atoms with Crippen LogP contribution in [-0.2, 0) is 16.4 Å². The summed E-state index contributed by atoms with van der Waals surface area (Å²) in [6, 6.07) is 4.77. The van der Waals surface area contributed by atoms with Gasteiger partial charge in [-0.15, -0.1) is 6.58 Å². The lowest BCUT2D eigenvalue weighted by Gasteiger charge is -2.25. The van der Waals surface area contributed by atoms with Gasteiger partial charge in [0.25, 0.3) is 5.91 Å². The molecule has 9 heteroatoms. The van der Waals surface area contributed by atoms with Crippen LogP contribution in [0.5, 0.6) is 5.75 Å². The van der Waals surface area contributed by atoms with Crippen molar-refractivity contribution in [3.8, 4) is 5.75 Å². The minimum atomic E-state index is -3.12. The Morgan fingerprint density at radius 3 is 2.66 bits per heavy atom. The van der Waals surface area contributed by atoms with Gasteiger partial charge in [0.2, 0.25) is 0 Å². The first kappa shape index (κ1) is 21.4. The van der Waals surface area contributed by atoms with Crippen molar-refractivity contribution in [2.24, 2.45) is 0 Å². The number of rotatable bonds is 7. The Hall–Kier alpha value is -2.32. The van der Waals surface area contributed by atoms with Gasteiger partial charge in [0, 0.05) is 23.7 Å². The van der Waals surface area contributed by atoms with Crippen LogP contribution in [0.4, 0.5) is 0 Å². The number of carbonyl (C=O) groups excluding carboxylic acids is 1. The number of aryl methyl sites for hydroxylation is 2. The summed E-state index contributed by atoms with van der Waals surface area (Å²) in [5.41, 5.74) is 1.92. The number of halogens is 1. The molecule has 3 rings (SSSR count). The lowest BCUT2D eigenvalue weighted by molar-refractivity contribution is 0.0709. The van der Waals surface area contributed by atoms with Gasteiger partial charge in [-0.1, -0.05) is 22.8 Å². The molecular formula is C20H23ClN2O5S. The van der Waals surface area contributed by atoms with Crippen LogP contribution in [0.2, 0.25) is 5.02 Å². The Kier molecular flexibility index (Phi) is 6.33. The highest BCUT2D eigenvalue weighted by molar-refractivity contribution is 7.91. The van der Waals surface area contributed by atoms with Gasteiger partial charge in [-0.05, 0) is 43.5 Å². The van der Waals surface area contributed by atoms with Crippen LogP contribution >= 0.6 is 11.6 Å². The van der Waals surface area contributed by atoms with Crippen LogP contribution in [-0.4, -0.2) is 48.5 Å². The molecule has 1 fully saturated rings. The van der Waals surface area contributed by atoms with E-state index in [0.29, 0.717) is 23.0 Å². The molecule has 1 aromatic carbocycles. The Labute approximate surface area is 175 Å². The van der Waals surface area contributed by atoms with Gasteiger partial charge in [-0.3, -0.25) is 4.79 Å². The second-order valence-electron chi connectivity index (χ2n) is 7.14. The van der Waals surface area contributed by atoms with Crippen molar-refractivity contribution in [1.29, 1.82) is 0 Å². The molecule has 2 aromatic rings. The molecule has 1 unspecified atom stereocenters. The number of carbonyl (C=O) groups is 1. The number of sulfone groups is 1. The predicted molar refractivity (Wildman–Crippen MR) is 110 cm³/mol. The van der Waals surface area contributed by atoms with Crippen molar-refractivity contribution in [3.05, 3.63) is 58.5 Å². The van der Waals surface area contributed by atoms with E-state index in [1.807, 2.05) is 26.0 Å². The summed E-state index contributed by atoms with van der Waals surface area (Å²) in [7, 11) is -3.12. The molecular weight excluding hydrogens is 416 g/mol. The van der Waals surface area contributed by atoms with Crippen molar-refractivity contribution >= 4 is 27.3 Å². The highest BCUT2D eigenvalue weighted by Gasteiger charge is 2.35. The second kappa shape index (κ2) is 8.59. The Balaban J connectivity index is 1.69. The molecule has 0 aliphatic carbocycles. The van der Waals surface area contributed by atoms with E-state index in [2.05, 4.69) is 11.7 Å². The maximum Gasteiger partial charge on any atom is 0.276 e. The van der Waals surface area contributed by atoms with E-state index >= 15 is 0 Å². The van der Waals surface area contributed by atoms with Crippen molar-refractivity contribution in [2.45, 2.75) is 32.9 Å². The van der Waals surface area contributed by atoms with Crippen LogP contribution in [0.15, 0.2) is 35.4 Å². The third kappa shape index (κ3) is 5.00. The maximum atomic E-state index is 12.9. The first-order valence-corrected chi connectivity index (χ1v) is 11.4. The minimum absolute atomic E-state index is 0.0460. The summed E-state index contributed by atoms with van der Waals surface area (Å²) in [4.78, 5) is 14.3. The number of hydrogen-bond acceptors (Lipinski definition) is 6. The molecule has 1 amide bonds. The van der Waals surface area contributed by atoms with Gasteiger partial charge in [0.05, 0.1) is 11.5 Å². The fraction of sp³-hybridized carbons (Fsp3) is 0.400. The van der Waals surface area contributed by atoms with E-state index in [4.69, 9.17) is 20.9 Å². The zero-order valence-electron chi connectivity index (χ0n) is 16.4. The zero-order chi connectivity index (χ0) is 21.2. The van der Waals surface area contributed by atoms with E-state index in [9.17, 15) is 13.2 Å². The van der Waals surface area contributed by atoms with E-state index in [1.54, 1.807) is 6.08 Å². The molecule has 156 valence electrons. The maximum absolute atomic E-state index is 12.9. The summed E-state index contributed by atoms with van der Waals surface area (Å²) >= 11 is 6.16. The van der Waals surface area contributed by atoms with Crippen molar-refractivity contribution in [2.75, 3.05) is 18.1 Å². The Morgan fingerprint density at radius 1 is 1.38 bits per heavy atom. The van der Waals surface area contributed by atoms with E-state index < -0.39 is 9.84 Å². The summed E-state index contributed by atoms with van der Waals surface area (Å²) in [5, 5.41) is 4.53. The lowest BCUT2D eigenvalue weighted by Crippen LogP contribution is -2.41. The molecule has 0 bridgehead atoms. The molecule has 1 aliphatic rings. The molecule has 1 aromatic heterocycles. The van der Waals surface area contributed by atoms with Crippen LogP contribution in [0, 0.1) is 13.8 Å². The first-order valence-electron chi connectivity index (χ1n) is 9.17. The van der Waals surface area contributed by atoms with Crippen molar-refractivity contribution < 1.29 is 22.5 Å². The third-order valence-corrected chi connectivity index (χ3v) is 7.15. The minimum Gasteiger partial charge on any atom is -0.486 e. The first-order chi connectivity index (χ1) is 13.7. The topological polar surface area (TPSA) is 89.7 Å². The predicted octanol–water partition coefficient (Wildman–Crippen LogP) is 3.34. The number of aromatic nitrogens is 1. The van der Waals surface area contributed by atoms with Gasteiger partial charge in [0.15, 0.2) is 21.3 Å². The van der Waals surface area contributed by atoms with Crippen LogP contribution in [0.25, 0.3) is 0 Å². The third-order valence-electron chi connectivity index (χ3n) is 4.80. The van der Waals surface area contributed by atoms with Crippen molar-refractivity contribution in [1.82, 2.24) is 10.1 Å². The molecule has 1 atom stereocenters. The van der Waals surface area contributed by atoms with Gasteiger partial charge < -0.3 is 14.2 Å². The summed E-state index contributed by atoms with van der Waals surface area (Å²) in [5.74, 6) is 0.668. The van der Waals surface area contributed by atoms with Crippen LogP contribution in [0.3, 0.4) is 0 Å². The molecule has 0 saturated carbocycles. The zero-order valence-corrected chi connectivity index (χ0v) is 17.9. The summed E-state index contributed by atoms with van der Waals surface area (Å²) in [6.07, 6.45) is 1.98. The second-order valence-corrected chi connectivity index (χ2v) is 9.75. The van der Waals surface area contributed by atoms with Gasteiger partial charge in [-0.2, -0.15) is 0 Å². The number of benzene rings is 1. The van der Waals surface area contributed by atoms with Crippen LogP contribution in [0.1, 0.15) is 33.8 Å².